The highest BCUT2D eigenvalue weighted by molar-refractivity contribution is 5.96. The van der Waals surface area contributed by atoms with E-state index in [0.29, 0.717) is 12.5 Å². The fourth-order valence-electron chi connectivity index (χ4n) is 2.07. The number of carbonyl (C=O) groups excluding carboxylic acids is 1. The average Bonchev–Trinajstić information content (AvgIpc) is 2.41. The molecule has 0 saturated heterocycles. The Morgan fingerprint density at radius 1 is 1.27 bits per heavy atom. The van der Waals surface area contributed by atoms with E-state index in [1.54, 1.807) is 19.9 Å². The molecule has 2 N–H and O–H groups in total. The number of rotatable bonds is 6. The summed E-state index contributed by atoms with van der Waals surface area (Å²) in [6.45, 7) is 3.63. The SMILES string of the molecule is CC(O)CC(C)CNC(=O)C=C(c1ccccc1)C(F)(F)F. The number of amides is 1. The van der Waals surface area contributed by atoms with Crippen LogP contribution < -0.4 is 5.32 Å². The molecule has 0 bridgehead atoms. The number of alkyl halides is 3. The van der Waals surface area contributed by atoms with Crippen LogP contribution in [0.15, 0.2) is 36.4 Å². The van der Waals surface area contributed by atoms with E-state index < -0.39 is 23.8 Å². The second kappa shape index (κ2) is 7.98. The third-order valence-corrected chi connectivity index (χ3v) is 3.03. The van der Waals surface area contributed by atoms with Gasteiger partial charge in [0.05, 0.1) is 11.7 Å². The maximum Gasteiger partial charge on any atom is 0.417 e. The molecule has 1 aromatic carbocycles. The monoisotopic (exact) mass is 315 g/mol. The van der Waals surface area contributed by atoms with Crippen molar-refractivity contribution >= 4 is 11.5 Å². The molecule has 3 nitrogen and oxygen atoms in total. The van der Waals surface area contributed by atoms with E-state index in [1.165, 1.54) is 24.3 Å². The normalized spacial score (nSPS) is 15.3. The van der Waals surface area contributed by atoms with E-state index >= 15 is 0 Å². The average molecular weight is 315 g/mol. The molecule has 6 heteroatoms. The van der Waals surface area contributed by atoms with Crippen LogP contribution in [0.2, 0.25) is 0 Å². The molecule has 0 saturated carbocycles. The number of hydrogen-bond donors (Lipinski definition) is 2. The van der Waals surface area contributed by atoms with Gasteiger partial charge in [0.25, 0.3) is 0 Å². The first-order valence-electron chi connectivity index (χ1n) is 7.00. The molecule has 1 aromatic rings. The quantitative estimate of drug-likeness (QED) is 0.792. The molecule has 0 aliphatic carbocycles. The topological polar surface area (TPSA) is 49.3 Å². The molecule has 0 aliphatic rings. The van der Waals surface area contributed by atoms with Gasteiger partial charge in [0.2, 0.25) is 5.91 Å². The molecule has 122 valence electrons. The lowest BCUT2D eigenvalue weighted by Gasteiger charge is -2.15. The van der Waals surface area contributed by atoms with Crippen LogP contribution >= 0.6 is 0 Å². The van der Waals surface area contributed by atoms with E-state index in [1.807, 2.05) is 0 Å². The Bertz CT molecular complexity index is 510. The van der Waals surface area contributed by atoms with Gasteiger partial charge >= 0.3 is 6.18 Å². The molecule has 2 atom stereocenters. The minimum absolute atomic E-state index is 0.0246. The molecule has 1 amide bonds. The summed E-state index contributed by atoms with van der Waals surface area (Å²) in [5, 5.41) is 11.6. The van der Waals surface area contributed by atoms with Gasteiger partial charge in [-0.2, -0.15) is 13.2 Å². The van der Waals surface area contributed by atoms with Crippen molar-refractivity contribution in [3.05, 3.63) is 42.0 Å². The predicted molar refractivity (Wildman–Crippen MR) is 78.9 cm³/mol. The Morgan fingerprint density at radius 2 is 1.86 bits per heavy atom. The van der Waals surface area contributed by atoms with Crippen LogP contribution in [0.1, 0.15) is 25.8 Å². The molecular weight excluding hydrogens is 295 g/mol. The number of aliphatic hydroxyl groups is 1. The van der Waals surface area contributed by atoms with E-state index in [4.69, 9.17) is 0 Å². The van der Waals surface area contributed by atoms with Gasteiger partial charge in [-0.25, -0.2) is 0 Å². The zero-order valence-corrected chi connectivity index (χ0v) is 12.5. The van der Waals surface area contributed by atoms with Gasteiger partial charge in [-0.1, -0.05) is 37.3 Å². The highest BCUT2D eigenvalue weighted by atomic mass is 19.4. The van der Waals surface area contributed by atoms with Crippen molar-refractivity contribution in [2.24, 2.45) is 5.92 Å². The number of aliphatic hydroxyl groups excluding tert-OH is 1. The Labute approximate surface area is 127 Å². The van der Waals surface area contributed by atoms with Crippen LogP contribution in [-0.4, -0.2) is 29.8 Å². The van der Waals surface area contributed by atoms with Crippen LogP contribution in [-0.2, 0) is 4.79 Å². The summed E-state index contributed by atoms with van der Waals surface area (Å²) in [6, 6.07) is 7.19. The Hall–Kier alpha value is -1.82. The molecule has 0 radical (unpaired) electrons. The minimum atomic E-state index is -4.61. The van der Waals surface area contributed by atoms with Crippen molar-refractivity contribution < 1.29 is 23.1 Å². The highest BCUT2D eigenvalue weighted by Crippen LogP contribution is 2.33. The molecule has 0 fully saturated rings. The summed E-state index contributed by atoms with van der Waals surface area (Å²) in [4.78, 5) is 11.7. The first-order chi connectivity index (χ1) is 10.2. The fourth-order valence-corrected chi connectivity index (χ4v) is 2.07. The summed E-state index contributed by atoms with van der Waals surface area (Å²) in [5.74, 6) is -0.822. The van der Waals surface area contributed by atoms with Crippen LogP contribution in [0.4, 0.5) is 13.2 Å². The third kappa shape index (κ3) is 6.30. The number of nitrogens with one attached hydrogen (secondary N) is 1. The first kappa shape index (κ1) is 18.2. The van der Waals surface area contributed by atoms with E-state index in [9.17, 15) is 23.1 Å². The summed E-state index contributed by atoms with van der Waals surface area (Å²) in [6.07, 6.45) is -4.08. The smallest absolute Gasteiger partial charge is 0.393 e. The van der Waals surface area contributed by atoms with Crippen LogP contribution in [0.25, 0.3) is 5.57 Å². The third-order valence-electron chi connectivity index (χ3n) is 3.03. The fraction of sp³-hybridized carbons (Fsp3) is 0.438. The Balaban J connectivity index is 2.79. The number of halogens is 3. The van der Waals surface area contributed by atoms with Crippen molar-refractivity contribution in [2.45, 2.75) is 32.5 Å². The van der Waals surface area contributed by atoms with Gasteiger partial charge in [0.15, 0.2) is 0 Å². The Kier molecular flexibility index (Phi) is 6.61. The van der Waals surface area contributed by atoms with Crippen LogP contribution in [0.3, 0.4) is 0 Å². The molecule has 0 aliphatic heterocycles. The number of hydrogen-bond acceptors (Lipinski definition) is 2. The molecular formula is C16H20F3NO2. The van der Waals surface area contributed by atoms with Crippen molar-refractivity contribution in [1.82, 2.24) is 5.32 Å². The Morgan fingerprint density at radius 3 is 2.36 bits per heavy atom. The highest BCUT2D eigenvalue weighted by Gasteiger charge is 2.35. The van der Waals surface area contributed by atoms with E-state index in [-0.39, 0.29) is 18.0 Å². The van der Waals surface area contributed by atoms with Crippen molar-refractivity contribution in [2.75, 3.05) is 6.54 Å². The van der Waals surface area contributed by atoms with Crippen LogP contribution in [0.5, 0.6) is 0 Å². The van der Waals surface area contributed by atoms with Crippen molar-refractivity contribution in [1.29, 1.82) is 0 Å². The number of benzene rings is 1. The number of carbonyl (C=O) groups is 1. The van der Waals surface area contributed by atoms with Gasteiger partial charge in [0, 0.05) is 12.6 Å². The molecule has 22 heavy (non-hydrogen) atoms. The van der Waals surface area contributed by atoms with Crippen LogP contribution in [0, 0.1) is 5.92 Å². The molecule has 0 spiro atoms. The summed E-state index contributed by atoms with van der Waals surface area (Å²) in [5.41, 5.74) is -1.03. The lowest BCUT2D eigenvalue weighted by molar-refractivity contribution is -0.117. The standard InChI is InChI=1S/C16H20F3NO2/c1-11(8-12(2)21)10-20-15(22)9-14(16(17,18)19)13-6-4-3-5-7-13/h3-7,9,11-12,21H,8,10H2,1-2H3,(H,20,22). The van der Waals surface area contributed by atoms with E-state index in [0.717, 1.165) is 0 Å². The first-order valence-corrected chi connectivity index (χ1v) is 7.00. The predicted octanol–water partition coefficient (Wildman–Crippen LogP) is 3.16. The molecule has 2 unspecified atom stereocenters. The van der Waals surface area contributed by atoms with Gasteiger partial charge in [-0.15, -0.1) is 0 Å². The summed E-state index contributed by atoms with van der Waals surface area (Å²) < 4.78 is 39.2. The summed E-state index contributed by atoms with van der Waals surface area (Å²) >= 11 is 0. The van der Waals surface area contributed by atoms with Crippen molar-refractivity contribution in [3.63, 3.8) is 0 Å². The lowest BCUT2D eigenvalue weighted by Crippen LogP contribution is -2.29. The molecule has 0 aromatic heterocycles. The number of allylic oxidation sites excluding steroid dienone is 1. The second-order valence-corrected chi connectivity index (χ2v) is 5.36. The van der Waals surface area contributed by atoms with E-state index in [2.05, 4.69) is 5.32 Å². The maximum absolute atomic E-state index is 13.1. The molecule has 0 heterocycles. The molecule has 1 rings (SSSR count). The van der Waals surface area contributed by atoms with Gasteiger partial charge in [-0.3, -0.25) is 4.79 Å². The minimum Gasteiger partial charge on any atom is -0.393 e. The summed E-state index contributed by atoms with van der Waals surface area (Å²) in [7, 11) is 0. The lowest BCUT2D eigenvalue weighted by atomic mass is 10.0. The van der Waals surface area contributed by atoms with Gasteiger partial charge in [0.1, 0.15) is 0 Å². The zero-order chi connectivity index (χ0) is 16.8. The van der Waals surface area contributed by atoms with Crippen molar-refractivity contribution in [3.8, 4) is 0 Å². The largest absolute Gasteiger partial charge is 0.417 e. The van der Waals surface area contributed by atoms with Gasteiger partial charge in [-0.05, 0) is 24.8 Å². The maximum atomic E-state index is 13.1. The zero-order valence-electron chi connectivity index (χ0n) is 12.5. The van der Waals surface area contributed by atoms with Gasteiger partial charge < -0.3 is 10.4 Å². The second-order valence-electron chi connectivity index (χ2n) is 5.36.